The Morgan fingerprint density at radius 3 is 2.71 bits per heavy atom. The number of Topliss-reactive ketones (excluding diaryl/α,β-unsaturated/α-hetero) is 2. The number of likely N-dealkylation sites (tertiary alicyclic amines) is 1. The number of alkyl halides is 1. The van der Waals surface area contributed by atoms with E-state index in [1.54, 1.807) is 0 Å². The van der Waals surface area contributed by atoms with E-state index in [1.165, 1.54) is 6.07 Å². The van der Waals surface area contributed by atoms with Crippen molar-refractivity contribution in [2.45, 2.75) is 69.4 Å². The van der Waals surface area contributed by atoms with Crippen LogP contribution >= 0.6 is 11.6 Å². The van der Waals surface area contributed by atoms with E-state index in [9.17, 15) is 14.0 Å². The lowest BCUT2D eigenvalue weighted by Gasteiger charge is -2.51. The first kappa shape index (κ1) is 24.0. The number of halogens is 2. The minimum absolute atomic E-state index is 0.0612. The van der Waals surface area contributed by atoms with Gasteiger partial charge in [0, 0.05) is 25.1 Å². The van der Waals surface area contributed by atoms with Crippen LogP contribution in [0.15, 0.2) is 6.07 Å². The molecular weight excluding hydrogens is 465 g/mol. The first-order valence-electron chi connectivity index (χ1n) is 12.2. The van der Waals surface area contributed by atoms with Crippen molar-refractivity contribution in [1.82, 2.24) is 14.9 Å². The van der Waals surface area contributed by atoms with E-state index in [2.05, 4.69) is 9.97 Å². The van der Waals surface area contributed by atoms with Gasteiger partial charge in [0.05, 0.1) is 24.5 Å². The minimum atomic E-state index is -0.924. The second-order valence-electron chi connectivity index (χ2n) is 10.0. The Morgan fingerprint density at radius 1 is 1.24 bits per heavy atom. The van der Waals surface area contributed by atoms with Gasteiger partial charge < -0.3 is 14.2 Å². The van der Waals surface area contributed by atoms with Crippen LogP contribution in [0.1, 0.15) is 62.0 Å². The monoisotopic (exact) mass is 495 g/mol. The fourth-order valence-electron chi connectivity index (χ4n) is 6.29. The van der Waals surface area contributed by atoms with Crippen molar-refractivity contribution in [2.24, 2.45) is 11.3 Å². The van der Waals surface area contributed by atoms with Crippen molar-refractivity contribution >= 4 is 23.2 Å². The van der Waals surface area contributed by atoms with Crippen LogP contribution in [0, 0.1) is 11.3 Å². The van der Waals surface area contributed by atoms with Crippen molar-refractivity contribution in [1.29, 1.82) is 0 Å². The number of rotatable bonds is 5. The van der Waals surface area contributed by atoms with E-state index in [0.29, 0.717) is 51.9 Å². The molecule has 0 amide bonds. The zero-order valence-corrected chi connectivity index (χ0v) is 20.2. The van der Waals surface area contributed by atoms with E-state index in [0.717, 1.165) is 19.3 Å². The molecule has 4 aliphatic rings. The summed E-state index contributed by atoms with van der Waals surface area (Å²) < 4.78 is 31.5. The second kappa shape index (κ2) is 9.41. The van der Waals surface area contributed by atoms with Crippen LogP contribution in [0.4, 0.5) is 4.39 Å². The Kier molecular flexibility index (Phi) is 6.65. The van der Waals surface area contributed by atoms with Crippen LogP contribution in [0.5, 0.6) is 5.88 Å². The molecule has 186 valence electrons. The number of aromatic nitrogens is 2. The predicted molar refractivity (Wildman–Crippen MR) is 121 cm³/mol. The molecule has 2 spiro atoms. The van der Waals surface area contributed by atoms with Gasteiger partial charge in [-0.15, -0.1) is 0 Å². The molecule has 0 bridgehead atoms. The molecule has 3 heterocycles. The summed E-state index contributed by atoms with van der Waals surface area (Å²) in [5.41, 5.74) is -0.811. The third-order valence-electron chi connectivity index (χ3n) is 8.00. The predicted octanol–water partition coefficient (Wildman–Crippen LogP) is 3.41. The van der Waals surface area contributed by atoms with Crippen LogP contribution in [0.3, 0.4) is 0 Å². The highest BCUT2D eigenvalue weighted by atomic mass is 35.5. The van der Waals surface area contributed by atoms with E-state index in [1.807, 2.05) is 11.9 Å². The molecule has 34 heavy (non-hydrogen) atoms. The number of likely N-dealkylation sites (N-methyl/N-ethyl adjacent to an activating group) is 1. The van der Waals surface area contributed by atoms with Gasteiger partial charge in [-0.1, -0.05) is 24.4 Å². The summed E-state index contributed by atoms with van der Waals surface area (Å²) in [6, 6.07) is 1.34. The minimum Gasteiger partial charge on any atom is -0.476 e. The highest BCUT2D eigenvalue weighted by molar-refractivity contribution is 6.29. The first-order valence-corrected chi connectivity index (χ1v) is 12.6. The van der Waals surface area contributed by atoms with Crippen molar-refractivity contribution in [3.05, 3.63) is 17.0 Å². The average Bonchev–Trinajstić information content (AvgIpc) is 3.41. The van der Waals surface area contributed by atoms with Crippen molar-refractivity contribution in [2.75, 3.05) is 33.4 Å². The van der Waals surface area contributed by atoms with Crippen LogP contribution < -0.4 is 4.74 Å². The Labute approximate surface area is 203 Å². The van der Waals surface area contributed by atoms with Crippen LogP contribution in [0.2, 0.25) is 5.15 Å². The van der Waals surface area contributed by atoms with E-state index in [-0.39, 0.29) is 35.3 Å². The number of carbonyl (C=O) groups is 2. The summed E-state index contributed by atoms with van der Waals surface area (Å²) in [6.45, 7) is 1.51. The van der Waals surface area contributed by atoms with Crippen molar-refractivity contribution in [3.63, 3.8) is 0 Å². The zero-order chi connectivity index (χ0) is 23.9. The van der Waals surface area contributed by atoms with Gasteiger partial charge in [-0.3, -0.25) is 14.5 Å². The number of carbonyl (C=O) groups excluding carboxylic acids is 2. The molecule has 2 saturated carbocycles. The fraction of sp³-hybridized carbons (Fsp3) is 0.750. The number of fused-ring (bicyclic) bond motifs is 1. The first-order chi connectivity index (χ1) is 16.3. The van der Waals surface area contributed by atoms with Gasteiger partial charge in [-0.05, 0) is 39.2 Å². The maximum atomic E-state index is 13.9. The summed E-state index contributed by atoms with van der Waals surface area (Å²) >= 11 is 6.18. The highest BCUT2D eigenvalue weighted by Gasteiger charge is 2.63. The van der Waals surface area contributed by atoms with Gasteiger partial charge in [0.25, 0.3) is 0 Å². The molecule has 0 unspecified atom stereocenters. The van der Waals surface area contributed by atoms with Crippen molar-refractivity contribution in [3.8, 4) is 5.88 Å². The van der Waals surface area contributed by atoms with E-state index in [4.69, 9.17) is 25.8 Å². The number of ketones is 2. The molecule has 2 aliphatic carbocycles. The molecule has 5 rings (SSSR count). The molecule has 0 N–H and O–H groups in total. The quantitative estimate of drug-likeness (QED) is 0.349. The number of hydrogen-bond donors (Lipinski definition) is 0. The molecule has 4 fully saturated rings. The third-order valence-corrected chi connectivity index (χ3v) is 8.19. The second-order valence-corrected chi connectivity index (χ2v) is 10.4. The number of hydrogen-bond acceptors (Lipinski definition) is 8. The lowest BCUT2D eigenvalue weighted by atomic mass is 9.57. The van der Waals surface area contributed by atoms with Gasteiger partial charge >= 0.3 is 0 Å². The Bertz CT molecular complexity index is 955. The molecule has 2 saturated heterocycles. The summed E-state index contributed by atoms with van der Waals surface area (Å²) in [6.07, 6.45) is 4.48. The molecular formula is C24H31ClFN3O5. The molecule has 0 radical (unpaired) electrons. The van der Waals surface area contributed by atoms with Crippen LogP contribution in [-0.2, 0) is 14.3 Å². The zero-order valence-electron chi connectivity index (χ0n) is 19.4. The van der Waals surface area contributed by atoms with Gasteiger partial charge in [0.2, 0.25) is 17.5 Å². The summed E-state index contributed by atoms with van der Waals surface area (Å²) in [5, 5.41) is 0.0612. The highest BCUT2D eigenvalue weighted by Crippen LogP contribution is 2.56. The molecule has 0 aromatic carbocycles. The van der Waals surface area contributed by atoms with Gasteiger partial charge in [0.1, 0.15) is 17.9 Å². The molecule has 1 aromatic heterocycles. The molecule has 2 aliphatic heterocycles. The van der Waals surface area contributed by atoms with Gasteiger partial charge in [-0.2, -0.15) is 4.98 Å². The smallest absolute Gasteiger partial charge is 0.218 e. The summed E-state index contributed by atoms with van der Waals surface area (Å²) in [4.78, 5) is 37.7. The fourth-order valence-corrected chi connectivity index (χ4v) is 6.46. The van der Waals surface area contributed by atoms with E-state index < -0.39 is 29.1 Å². The summed E-state index contributed by atoms with van der Waals surface area (Å²) in [5.74, 6) is -2.34. The maximum absolute atomic E-state index is 13.9. The third kappa shape index (κ3) is 4.14. The van der Waals surface area contributed by atoms with Crippen molar-refractivity contribution < 1.29 is 28.2 Å². The molecule has 4 atom stereocenters. The molecule has 1 aromatic rings. The lowest BCUT2D eigenvalue weighted by molar-refractivity contribution is -0.255. The Balaban J connectivity index is 1.35. The SMILES string of the molecule is CN1C[C@@H](F)C[C@H]1COc1cc(Cl)nc(C(=O)[C@@H]2CCC[C@@]3(CCCCC34OCCO4)C2=O)n1. The molecule has 10 heteroatoms. The number of ether oxygens (including phenoxy) is 3. The standard InChI is InChI=1S/C24H31ClFN3O5/c1-29-13-15(26)11-16(29)14-32-19-12-18(25)27-22(28-19)20(30)17-5-4-7-23(21(17)31)6-2-3-8-24(23)33-9-10-34-24/h12,15-17H,2-11,13-14H2,1H3/t15-,16-,17-,23-/m0/s1. The molecule has 8 nitrogen and oxygen atoms in total. The van der Waals surface area contributed by atoms with Crippen LogP contribution in [-0.4, -0.2) is 77.8 Å². The van der Waals surface area contributed by atoms with E-state index >= 15 is 0 Å². The summed E-state index contributed by atoms with van der Waals surface area (Å²) in [7, 11) is 1.84. The average molecular weight is 496 g/mol. The van der Waals surface area contributed by atoms with Crippen LogP contribution in [0.25, 0.3) is 0 Å². The topological polar surface area (TPSA) is 90.9 Å². The lowest BCUT2D eigenvalue weighted by Crippen LogP contribution is -2.60. The van der Waals surface area contributed by atoms with Gasteiger partial charge in [-0.25, -0.2) is 9.37 Å². The van der Waals surface area contributed by atoms with Gasteiger partial charge in [0.15, 0.2) is 11.6 Å². The largest absolute Gasteiger partial charge is 0.476 e. The maximum Gasteiger partial charge on any atom is 0.218 e. The Morgan fingerprint density at radius 2 is 1.97 bits per heavy atom. The Hall–Kier alpha value is -1.68. The number of nitrogens with zero attached hydrogens (tertiary/aromatic N) is 3. The normalized spacial score (nSPS) is 33.6.